The molecule has 2 rings (SSSR count). The number of anilines is 1. The lowest BCUT2D eigenvalue weighted by Gasteiger charge is -2.35. The summed E-state index contributed by atoms with van der Waals surface area (Å²) in [5.41, 5.74) is 7.03. The van der Waals surface area contributed by atoms with Crippen LogP contribution < -0.4 is 10.5 Å². The molecule has 0 radical (unpaired) electrons. The fourth-order valence-electron chi connectivity index (χ4n) is 2.79. The molecule has 2 atom stereocenters. The molecule has 0 aromatic heterocycles. The zero-order valence-corrected chi connectivity index (χ0v) is 13.8. The van der Waals surface area contributed by atoms with Crippen LogP contribution >= 0.6 is 0 Å². The van der Waals surface area contributed by atoms with E-state index in [1.807, 2.05) is 6.92 Å². The lowest BCUT2D eigenvalue weighted by atomic mass is 10.0. The number of hydrogen-bond acceptors (Lipinski definition) is 4. The van der Waals surface area contributed by atoms with Crippen LogP contribution in [0.2, 0.25) is 0 Å². The normalized spacial score (nSPS) is 24.1. The van der Waals surface area contributed by atoms with Gasteiger partial charge in [0.05, 0.1) is 4.90 Å². The first-order chi connectivity index (χ1) is 9.83. The molecule has 118 valence electrons. The third-order valence-electron chi connectivity index (χ3n) is 4.29. The van der Waals surface area contributed by atoms with Gasteiger partial charge in [-0.15, -0.1) is 0 Å². The van der Waals surface area contributed by atoms with E-state index in [2.05, 4.69) is 23.6 Å². The molecule has 1 fully saturated rings. The molecular formula is C15H25N3O2S. The summed E-state index contributed by atoms with van der Waals surface area (Å²) < 4.78 is 28.1. The third kappa shape index (κ3) is 3.75. The quantitative estimate of drug-likeness (QED) is 0.828. The van der Waals surface area contributed by atoms with Crippen molar-refractivity contribution < 1.29 is 8.42 Å². The molecule has 21 heavy (non-hydrogen) atoms. The highest BCUT2D eigenvalue weighted by Gasteiger charge is 2.28. The van der Waals surface area contributed by atoms with E-state index in [9.17, 15) is 8.42 Å². The number of benzene rings is 1. The van der Waals surface area contributed by atoms with Crippen LogP contribution in [0.15, 0.2) is 23.1 Å². The first kappa shape index (κ1) is 16.3. The first-order valence-corrected chi connectivity index (χ1v) is 8.92. The van der Waals surface area contributed by atoms with Crippen LogP contribution in [0.4, 0.5) is 5.69 Å². The molecule has 6 heteroatoms. The van der Waals surface area contributed by atoms with Gasteiger partial charge in [0.1, 0.15) is 0 Å². The van der Waals surface area contributed by atoms with Gasteiger partial charge in [-0.05, 0) is 57.5 Å². The molecule has 1 heterocycles. The number of hydrogen-bond donors (Lipinski definition) is 2. The Hall–Kier alpha value is -1.11. The maximum Gasteiger partial charge on any atom is 0.241 e. The minimum atomic E-state index is -3.51. The predicted molar refractivity (Wildman–Crippen MR) is 85.7 cm³/mol. The van der Waals surface area contributed by atoms with Crippen molar-refractivity contribution in [2.45, 2.75) is 50.1 Å². The molecule has 0 aliphatic carbocycles. The van der Waals surface area contributed by atoms with Gasteiger partial charge in [-0.25, -0.2) is 13.1 Å². The zero-order valence-electron chi connectivity index (χ0n) is 13.0. The van der Waals surface area contributed by atoms with Crippen molar-refractivity contribution in [1.82, 2.24) is 9.62 Å². The Morgan fingerprint density at radius 1 is 1.43 bits per heavy atom. The number of nitrogens with two attached hydrogens (primary N) is 1. The van der Waals surface area contributed by atoms with Gasteiger partial charge in [-0.3, -0.25) is 0 Å². The molecule has 1 aliphatic heterocycles. The van der Waals surface area contributed by atoms with Crippen molar-refractivity contribution in [3.05, 3.63) is 23.8 Å². The standard InChI is InChI=1S/C15H25N3O2S/c1-4-12-5-6-13(16)10-15(12)21(19,20)17-14-7-8-18(3)11(2)9-14/h5-6,10-11,14,17H,4,7-9,16H2,1-3H3. The molecule has 0 bridgehead atoms. The number of nitrogens with one attached hydrogen (secondary N) is 1. The van der Waals surface area contributed by atoms with Gasteiger partial charge < -0.3 is 10.6 Å². The van der Waals surface area contributed by atoms with Crippen molar-refractivity contribution in [3.63, 3.8) is 0 Å². The number of piperidine rings is 1. The molecule has 0 spiro atoms. The number of likely N-dealkylation sites (tertiary alicyclic amines) is 1. The van der Waals surface area contributed by atoms with Gasteiger partial charge >= 0.3 is 0 Å². The average Bonchev–Trinajstić information content (AvgIpc) is 2.42. The van der Waals surface area contributed by atoms with E-state index in [0.717, 1.165) is 24.9 Å². The van der Waals surface area contributed by atoms with Crippen LogP contribution in [0.3, 0.4) is 0 Å². The fourth-order valence-corrected chi connectivity index (χ4v) is 4.42. The fraction of sp³-hybridized carbons (Fsp3) is 0.600. The zero-order chi connectivity index (χ0) is 15.6. The van der Waals surface area contributed by atoms with Crippen molar-refractivity contribution in [3.8, 4) is 0 Å². The van der Waals surface area contributed by atoms with Gasteiger partial charge in [0.15, 0.2) is 0 Å². The summed E-state index contributed by atoms with van der Waals surface area (Å²) in [6.45, 7) is 4.98. The maximum atomic E-state index is 12.6. The lowest BCUT2D eigenvalue weighted by molar-refractivity contribution is 0.178. The second-order valence-electron chi connectivity index (χ2n) is 5.89. The molecule has 0 amide bonds. The highest BCUT2D eigenvalue weighted by Crippen LogP contribution is 2.22. The second kappa shape index (κ2) is 6.34. The molecule has 2 unspecified atom stereocenters. The Labute approximate surface area is 127 Å². The van der Waals surface area contributed by atoms with Crippen LogP contribution in [0.5, 0.6) is 0 Å². The number of rotatable bonds is 4. The molecular weight excluding hydrogens is 286 g/mol. The van der Waals surface area contributed by atoms with Gasteiger partial charge in [-0.1, -0.05) is 13.0 Å². The minimum absolute atomic E-state index is 0.00710. The molecule has 1 aliphatic rings. The Morgan fingerprint density at radius 2 is 2.14 bits per heavy atom. The number of nitrogens with zero attached hydrogens (tertiary/aromatic N) is 1. The van der Waals surface area contributed by atoms with Gasteiger partial charge in [0.2, 0.25) is 10.0 Å². The monoisotopic (exact) mass is 311 g/mol. The van der Waals surface area contributed by atoms with Crippen molar-refractivity contribution >= 4 is 15.7 Å². The van der Waals surface area contributed by atoms with Crippen LogP contribution in [0.25, 0.3) is 0 Å². The molecule has 0 saturated carbocycles. The molecule has 5 nitrogen and oxygen atoms in total. The Kier molecular flexibility index (Phi) is 4.91. The van der Waals surface area contributed by atoms with Crippen molar-refractivity contribution in [2.24, 2.45) is 0 Å². The van der Waals surface area contributed by atoms with Gasteiger partial charge in [0.25, 0.3) is 0 Å². The van der Waals surface area contributed by atoms with E-state index in [1.54, 1.807) is 18.2 Å². The minimum Gasteiger partial charge on any atom is -0.399 e. The van der Waals surface area contributed by atoms with Crippen LogP contribution in [-0.2, 0) is 16.4 Å². The molecule has 1 saturated heterocycles. The summed E-state index contributed by atoms with van der Waals surface area (Å²) in [5, 5.41) is 0. The van der Waals surface area contributed by atoms with Crippen molar-refractivity contribution in [2.75, 3.05) is 19.3 Å². The van der Waals surface area contributed by atoms with Gasteiger partial charge in [-0.2, -0.15) is 0 Å². The molecule has 1 aromatic rings. The first-order valence-electron chi connectivity index (χ1n) is 7.44. The largest absolute Gasteiger partial charge is 0.399 e. The Bertz CT molecular complexity index is 601. The summed E-state index contributed by atoms with van der Waals surface area (Å²) >= 11 is 0. The third-order valence-corrected chi connectivity index (χ3v) is 5.89. The second-order valence-corrected chi connectivity index (χ2v) is 7.58. The van der Waals surface area contributed by atoms with E-state index in [4.69, 9.17) is 5.73 Å². The van der Waals surface area contributed by atoms with Crippen LogP contribution in [-0.4, -0.2) is 39.0 Å². The van der Waals surface area contributed by atoms with E-state index < -0.39 is 10.0 Å². The lowest BCUT2D eigenvalue weighted by Crippen LogP contribution is -2.47. The summed E-state index contributed by atoms with van der Waals surface area (Å²) in [6.07, 6.45) is 2.34. The SMILES string of the molecule is CCc1ccc(N)cc1S(=O)(=O)NC1CCN(C)C(C)C1. The van der Waals surface area contributed by atoms with E-state index >= 15 is 0 Å². The van der Waals surface area contributed by atoms with Crippen molar-refractivity contribution in [1.29, 1.82) is 0 Å². The highest BCUT2D eigenvalue weighted by atomic mass is 32.2. The smallest absolute Gasteiger partial charge is 0.241 e. The summed E-state index contributed by atoms with van der Waals surface area (Å²) in [4.78, 5) is 2.57. The predicted octanol–water partition coefficient (Wildman–Crippen LogP) is 1.59. The van der Waals surface area contributed by atoms with E-state index in [0.29, 0.717) is 23.0 Å². The molecule has 1 aromatic carbocycles. The Morgan fingerprint density at radius 3 is 2.76 bits per heavy atom. The number of nitrogen functional groups attached to an aromatic ring is 1. The molecule has 3 N–H and O–H groups in total. The maximum absolute atomic E-state index is 12.6. The number of sulfonamides is 1. The topological polar surface area (TPSA) is 75.4 Å². The summed E-state index contributed by atoms with van der Waals surface area (Å²) in [5.74, 6) is 0. The summed E-state index contributed by atoms with van der Waals surface area (Å²) in [6, 6.07) is 5.47. The Balaban J connectivity index is 2.21. The van der Waals surface area contributed by atoms with E-state index in [1.165, 1.54) is 0 Å². The van der Waals surface area contributed by atoms with E-state index in [-0.39, 0.29) is 6.04 Å². The highest BCUT2D eigenvalue weighted by molar-refractivity contribution is 7.89. The summed E-state index contributed by atoms with van der Waals surface area (Å²) in [7, 11) is -1.44. The average molecular weight is 311 g/mol. The van der Waals surface area contributed by atoms with Crippen LogP contribution in [0.1, 0.15) is 32.3 Å². The number of aryl methyl sites for hydroxylation is 1. The van der Waals surface area contributed by atoms with Crippen LogP contribution in [0, 0.1) is 0 Å². The van der Waals surface area contributed by atoms with Gasteiger partial charge in [0, 0.05) is 17.8 Å².